The number of hydrogen-bond acceptors (Lipinski definition) is 3. The molecule has 3 atom stereocenters. The number of rotatable bonds is 6. The van der Waals surface area contributed by atoms with Gasteiger partial charge in [0.05, 0.1) is 6.04 Å². The van der Waals surface area contributed by atoms with Gasteiger partial charge in [-0.3, -0.25) is 9.59 Å². The predicted octanol–water partition coefficient (Wildman–Crippen LogP) is 1.13. The zero-order valence-electron chi connectivity index (χ0n) is 11.2. The second-order valence-electron chi connectivity index (χ2n) is 5.15. The number of nitrogens with one attached hydrogen (secondary N) is 2. The first kappa shape index (κ1) is 15.0. The average molecular weight is 256 g/mol. The lowest BCUT2D eigenvalue weighted by Gasteiger charge is -2.29. The standard InChI is InChI=1S/C13H24N2O3/c1-3-10-6-7-14-11(8-10)13(18)15-9(2)4-5-12(16)17/h9-11,14H,3-8H2,1-2H3,(H,15,18)(H,16,17). The van der Waals surface area contributed by atoms with Gasteiger partial charge in [-0.2, -0.15) is 0 Å². The van der Waals surface area contributed by atoms with E-state index in [0.29, 0.717) is 12.3 Å². The van der Waals surface area contributed by atoms with Crippen molar-refractivity contribution >= 4 is 11.9 Å². The first-order valence-electron chi connectivity index (χ1n) is 6.78. The summed E-state index contributed by atoms with van der Waals surface area (Å²) in [6.45, 7) is 4.89. The highest BCUT2D eigenvalue weighted by Crippen LogP contribution is 2.19. The molecule has 104 valence electrons. The van der Waals surface area contributed by atoms with Crippen molar-refractivity contribution in [2.45, 2.75) is 58.0 Å². The van der Waals surface area contributed by atoms with Crippen molar-refractivity contribution in [3.63, 3.8) is 0 Å². The van der Waals surface area contributed by atoms with Gasteiger partial charge in [0.1, 0.15) is 0 Å². The molecule has 1 aliphatic heterocycles. The lowest BCUT2D eigenvalue weighted by atomic mass is 9.90. The van der Waals surface area contributed by atoms with Crippen molar-refractivity contribution in [3.05, 3.63) is 0 Å². The summed E-state index contributed by atoms with van der Waals surface area (Å²) in [5, 5.41) is 14.7. The molecule has 18 heavy (non-hydrogen) atoms. The number of carboxylic acids is 1. The van der Waals surface area contributed by atoms with Crippen molar-refractivity contribution < 1.29 is 14.7 Å². The van der Waals surface area contributed by atoms with Gasteiger partial charge >= 0.3 is 5.97 Å². The molecular formula is C13H24N2O3. The first-order chi connectivity index (χ1) is 8.52. The Morgan fingerprint density at radius 3 is 2.83 bits per heavy atom. The van der Waals surface area contributed by atoms with E-state index in [2.05, 4.69) is 17.6 Å². The second-order valence-corrected chi connectivity index (χ2v) is 5.15. The molecule has 0 spiro atoms. The third-order valence-electron chi connectivity index (χ3n) is 3.59. The molecule has 0 aromatic heterocycles. The lowest BCUT2D eigenvalue weighted by molar-refractivity contribution is -0.137. The fourth-order valence-electron chi connectivity index (χ4n) is 2.32. The third-order valence-corrected chi connectivity index (χ3v) is 3.59. The normalized spacial score (nSPS) is 25.4. The van der Waals surface area contributed by atoms with Crippen LogP contribution in [0, 0.1) is 5.92 Å². The van der Waals surface area contributed by atoms with E-state index in [1.807, 2.05) is 6.92 Å². The summed E-state index contributed by atoms with van der Waals surface area (Å²) < 4.78 is 0. The largest absolute Gasteiger partial charge is 0.481 e. The average Bonchev–Trinajstić information content (AvgIpc) is 2.36. The van der Waals surface area contributed by atoms with E-state index < -0.39 is 5.97 Å². The van der Waals surface area contributed by atoms with Crippen molar-refractivity contribution in [2.24, 2.45) is 5.92 Å². The van der Waals surface area contributed by atoms with Crippen LogP contribution in [0.15, 0.2) is 0 Å². The summed E-state index contributed by atoms with van der Waals surface area (Å²) in [6.07, 6.45) is 3.70. The molecule has 0 aromatic carbocycles. The van der Waals surface area contributed by atoms with E-state index in [4.69, 9.17) is 5.11 Å². The molecular weight excluding hydrogens is 232 g/mol. The van der Waals surface area contributed by atoms with Crippen LogP contribution in [0.3, 0.4) is 0 Å². The molecule has 3 N–H and O–H groups in total. The molecule has 1 aliphatic rings. The van der Waals surface area contributed by atoms with Gasteiger partial charge in [0.2, 0.25) is 5.91 Å². The number of amides is 1. The summed E-state index contributed by atoms with van der Waals surface area (Å²) in [4.78, 5) is 22.4. The maximum absolute atomic E-state index is 12.0. The van der Waals surface area contributed by atoms with Crippen molar-refractivity contribution in [3.8, 4) is 0 Å². The minimum Gasteiger partial charge on any atom is -0.481 e. The first-order valence-corrected chi connectivity index (χ1v) is 6.78. The van der Waals surface area contributed by atoms with Crippen LogP contribution in [0.5, 0.6) is 0 Å². The van der Waals surface area contributed by atoms with Gasteiger partial charge in [0, 0.05) is 12.5 Å². The molecule has 1 amide bonds. The van der Waals surface area contributed by atoms with E-state index in [9.17, 15) is 9.59 Å². The van der Waals surface area contributed by atoms with Crippen LogP contribution < -0.4 is 10.6 Å². The minimum atomic E-state index is -0.821. The topological polar surface area (TPSA) is 78.4 Å². The van der Waals surface area contributed by atoms with Crippen molar-refractivity contribution in [2.75, 3.05) is 6.54 Å². The Hall–Kier alpha value is -1.10. The summed E-state index contributed by atoms with van der Waals surface area (Å²) >= 11 is 0. The van der Waals surface area contributed by atoms with Gasteiger partial charge in [-0.15, -0.1) is 0 Å². The van der Waals surface area contributed by atoms with E-state index in [-0.39, 0.29) is 24.4 Å². The Labute approximate surface area is 108 Å². The van der Waals surface area contributed by atoms with Crippen molar-refractivity contribution in [1.82, 2.24) is 10.6 Å². The van der Waals surface area contributed by atoms with Gasteiger partial charge < -0.3 is 15.7 Å². The Morgan fingerprint density at radius 2 is 2.22 bits per heavy atom. The van der Waals surface area contributed by atoms with E-state index in [1.165, 1.54) is 0 Å². The minimum absolute atomic E-state index is 0.00559. The molecule has 0 radical (unpaired) electrons. The molecule has 1 fully saturated rings. The van der Waals surface area contributed by atoms with E-state index in [0.717, 1.165) is 25.8 Å². The molecule has 5 nitrogen and oxygen atoms in total. The zero-order valence-corrected chi connectivity index (χ0v) is 11.2. The Balaban J connectivity index is 2.32. The zero-order chi connectivity index (χ0) is 13.5. The Morgan fingerprint density at radius 1 is 1.50 bits per heavy atom. The molecule has 0 saturated carbocycles. The van der Waals surface area contributed by atoms with E-state index in [1.54, 1.807) is 0 Å². The summed E-state index contributed by atoms with van der Waals surface area (Å²) in [5.74, 6) is -0.194. The highest BCUT2D eigenvalue weighted by molar-refractivity contribution is 5.82. The van der Waals surface area contributed by atoms with Crippen LogP contribution in [0.4, 0.5) is 0 Å². The van der Waals surface area contributed by atoms with Gasteiger partial charge in [0.25, 0.3) is 0 Å². The molecule has 0 bridgehead atoms. The lowest BCUT2D eigenvalue weighted by Crippen LogP contribution is -2.50. The molecule has 1 heterocycles. The molecule has 1 saturated heterocycles. The van der Waals surface area contributed by atoms with Gasteiger partial charge in [-0.1, -0.05) is 13.3 Å². The smallest absolute Gasteiger partial charge is 0.303 e. The van der Waals surface area contributed by atoms with E-state index >= 15 is 0 Å². The highest BCUT2D eigenvalue weighted by atomic mass is 16.4. The molecule has 1 rings (SSSR count). The third kappa shape index (κ3) is 5.04. The van der Waals surface area contributed by atoms with Crippen LogP contribution in [0.2, 0.25) is 0 Å². The fraction of sp³-hybridized carbons (Fsp3) is 0.846. The quantitative estimate of drug-likeness (QED) is 0.666. The van der Waals surface area contributed by atoms with Crippen LogP contribution in [0.25, 0.3) is 0 Å². The maximum Gasteiger partial charge on any atom is 0.303 e. The predicted molar refractivity (Wildman–Crippen MR) is 69.3 cm³/mol. The number of carbonyl (C=O) groups is 2. The number of aliphatic carboxylic acids is 1. The van der Waals surface area contributed by atoms with Crippen LogP contribution in [-0.4, -0.2) is 35.6 Å². The molecule has 0 aromatic rings. The van der Waals surface area contributed by atoms with Gasteiger partial charge in [-0.25, -0.2) is 0 Å². The number of hydrogen-bond donors (Lipinski definition) is 3. The monoisotopic (exact) mass is 256 g/mol. The SMILES string of the molecule is CCC1CCNC(C(=O)NC(C)CCC(=O)O)C1. The molecule has 0 aliphatic carbocycles. The number of carbonyl (C=O) groups excluding carboxylic acids is 1. The molecule has 3 unspecified atom stereocenters. The van der Waals surface area contributed by atoms with Crippen LogP contribution >= 0.6 is 0 Å². The Bertz CT molecular complexity index is 294. The maximum atomic E-state index is 12.0. The highest BCUT2D eigenvalue weighted by Gasteiger charge is 2.26. The summed E-state index contributed by atoms with van der Waals surface area (Å²) in [5.41, 5.74) is 0. The Kier molecular flexibility index (Phi) is 6.12. The van der Waals surface area contributed by atoms with Crippen LogP contribution in [-0.2, 0) is 9.59 Å². The summed E-state index contributed by atoms with van der Waals surface area (Å²) in [6, 6.07) is -0.201. The second kappa shape index (κ2) is 7.36. The van der Waals surface area contributed by atoms with Crippen LogP contribution in [0.1, 0.15) is 46.0 Å². The number of piperidine rings is 1. The van der Waals surface area contributed by atoms with Gasteiger partial charge in [0.15, 0.2) is 0 Å². The fourth-order valence-corrected chi connectivity index (χ4v) is 2.32. The van der Waals surface area contributed by atoms with Gasteiger partial charge in [-0.05, 0) is 38.6 Å². The summed E-state index contributed by atoms with van der Waals surface area (Å²) in [7, 11) is 0. The van der Waals surface area contributed by atoms with Crippen molar-refractivity contribution in [1.29, 1.82) is 0 Å². The molecule has 5 heteroatoms. The number of carboxylic acid groups (broad SMARTS) is 1.